The van der Waals surface area contributed by atoms with Crippen molar-refractivity contribution >= 4 is 48.1 Å². The zero-order valence-electron chi connectivity index (χ0n) is 18.1. The molecule has 0 saturated carbocycles. The van der Waals surface area contributed by atoms with Gasteiger partial charge in [0.05, 0.1) is 13.2 Å². The van der Waals surface area contributed by atoms with Crippen LogP contribution in [-0.2, 0) is 32.1 Å². The molecular weight excluding hydrogens is 547 g/mol. The Morgan fingerprint density at radius 3 is 2.75 bits per heavy atom. The Morgan fingerprint density at radius 1 is 1.16 bits per heavy atom. The van der Waals surface area contributed by atoms with E-state index in [0.717, 1.165) is 37.7 Å². The third kappa shape index (κ3) is 9.53. The van der Waals surface area contributed by atoms with Gasteiger partial charge in [-0.25, -0.2) is 9.59 Å². The molecule has 1 aromatic rings. The lowest BCUT2D eigenvalue weighted by molar-refractivity contribution is -0.152. The Morgan fingerprint density at radius 2 is 1.97 bits per heavy atom. The molecule has 0 aliphatic carbocycles. The van der Waals surface area contributed by atoms with Crippen LogP contribution in [0.15, 0.2) is 24.3 Å². The number of halogens is 1. The van der Waals surface area contributed by atoms with Crippen molar-refractivity contribution in [2.75, 3.05) is 32.1 Å². The van der Waals surface area contributed by atoms with Crippen molar-refractivity contribution in [2.45, 2.75) is 51.2 Å². The van der Waals surface area contributed by atoms with Crippen molar-refractivity contribution in [2.24, 2.45) is 0 Å². The summed E-state index contributed by atoms with van der Waals surface area (Å²) in [6.07, 6.45) is 4.19. The maximum absolute atomic E-state index is 12.4. The van der Waals surface area contributed by atoms with Crippen LogP contribution >= 0.6 is 30.1 Å². The average Bonchev–Trinajstić information content (AvgIpc) is 3.30. The summed E-state index contributed by atoms with van der Waals surface area (Å²) in [5.41, 5.74) is 2.09. The molecule has 2 rings (SSSR count). The number of unbranched alkanes of at least 4 members (excludes halogenated alkanes) is 2. The molecule has 1 heterocycles. The predicted molar refractivity (Wildman–Crippen MR) is 131 cm³/mol. The van der Waals surface area contributed by atoms with Gasteiger partial charge in [0.15, 0.2) is 0 Å². The predicted octanol–water partition coefficient (Wildman–Crippen LogP) is 3.24. The topological polar surface area (TPSA) is 105 Å². The van der Waals surface area contributed by atoms with Crippen LogP contribution < -0.4 is 5.32 Å². The molecule has 1 aliphatic heterocycles. The minimum absolute atomic E-state index is 0.0414. The van der Waals surface area contributed by atoms with Crippen LogP contribution in [0.25, 0.3) is 0 Å². The van der Waals surface area contributed by atoms with Gasteiger partial charge in [0, 0.05) is 12.3 Å². The molecule has 2 N–H and O–H groups in total. The molecule has 0 bridgehead atoms. The minimum atomic E-state index is -0.633. The van der Waals surface area contributed by atoms with Gasteiger partial charge in [0.25, 0.3) is 0 Å². The van der Waals surface area contributed by atoms with Crippen LogP contribution in [0.2, 0.25) is 0 Å². The van der Waals surface area contributed by atoms with Gasteiger partial charge in [-0.3, -0.25) is 4.79 Å². The fourth-order valence-electron chi connectivity index (χ4n) is 3.54. The van der Waals surface area contributed by atoms with Crippen molar-refractivity contribution in [3.8, 4) is 0 Å². The zero-order chi connectivity index (χ0) is 23.2. The smallest absolute Gasteiger partial charge is 0.407 e. The molecule has 1 aliphatic rings. The molecule has 1 atom stereocenters. The summed E-state index contributed by atoms with van der Waals surface area (Å²) in [6, 6.07) is 7.29. The second kappa shape index (κ2) is 15.3. The highest BCUT2D eigenvalue weighted by Crippen LogP contribution is 2.19. The number of alkyl carbamates (subject to hydrolysis) is 1. The third-order valence-electron chi connectivity index (χ3n) is 5.15. The van der Waals surface area contributed by atoms with Crippen molar-refractivity contribution in [3.05, 3.63) is 35.4 Å². The lowest BCUT2D eigenvalue weighted by Gasteiger charge is -2.23. The normalized spacial score (nSPS) is 15.4. The van der Waals surface area contributed by atoms with Crippen LogP contribution in [-0.4, -0.2) is 66.1 Å². The molecular formula is C22H31IN2O6S. The number of carbonyl (C=O) groups is 3. The summed E-state index contributed by atoms with van der Waals surface area (Å²) >= 11 is 2.14. The molecule has 8 nitrogen and oxygen atoms in total. The number of rotatable bonds is 13. The first-order valence-corrected chi connectivity index (χ1v) is 14.4. The maximum atomic E-state index is 12.4. The summed E-state index contributed by atoms with van der Waals surface area (Å²) in [4.78, 5) is 37.9. The number of carbonyl (C=O) groups excluding carboxylic acids is 3. The maximum Gasteiger partial charge on any atom is 0.407 e. The standard InChI is InChI=1S/C22H31IN2O6S/c23-32-13-12-30-21(28)19-9-5-10-25(19)20(27)15-24-22(29)31-11-3-1-2-6-17-7-4-8-18(14-17)16-26/h4,7-8,14,19,26H,1-3,5-6,9-13,15-16H2,(H,24,29). The first-order valence-electron chi connectivity index (χ1n) is 10.8. The minimum Gasteiger partial charge on any atom is -0.463 e. The SMILES string of the molecule is O=C(NCC(=O)N1CCCC1C(=O)OCCSI)OCCCCCc1cccc(CO)c1. The van der Waals surface area contributed by atoms with Gasteiger partial charge in [0.1, 0.15) is 19.2 Å². The number of ether oxygens (including phenoxy) is 2. The van der Waals surface area contributed by atoms with E-state index < -0.39 is 12.1 Å². The Hall–Kier alpha value is -1.53. The number of nitrogens with zero attached hydrogens (tertiary/aromatic N) is 1. The number of likely N-dealkylation sites (tertiary alicyclic amines) is 1. The molecule has 1 fully saturated rings. The quantitative estimate of drug-likeness (QED) is 0.211. The molecule has 0 spiro atoms. The Bertz CT molecular complexity index is 751. The number of aliphatic hydroxyl groups excluding tert-OH is 1. The summed E-state index contributed by atoms with van der Waals surface area (Å²) < 4.78 is 10.4. The van der Waals surface area contributed by atoms with Crippen LogP contribution in [0.1, 0.15) is 43.2 Å². The van der Waals surface area contributed by atoms with E-state index in [9.17, 15) is 19.5 Å². The van der Waals surface area contributed by atoms with Crippen LogP contribution in [0.3, 0.4) is 0 Å². The number of esters is 1. The highest BCUT2D eigenvalue weighted by molar-refractivity contribution is 14.2. The molecule has 1 aromatic carbocycles. The van der Waals surface area contributed by atoms with Gasteiger partial charge in [-0.1, -0.05) is 33.2 Å². The number of amides is 2. The van der Waals surface area contributed by atoms with E-state index in [1.165, 1.54) is 10.5 Å². The molecule has 0 aromatic heterocycles. The number of hydrogen-bond donors (Lipinski definition) is 2. The molecule has 10 heteroatoms. The van der Waals surface area contributed by atoms with Crippen molar-refractivity contribution in [1.82, 2.24) is 10.2 Å². The Balaban J connectivity index is 1.58. The molecule has 0 radical (unpaired) electrons. The number of benzene rings is 1. The second-order valence-electron chi connectivity index (χ2n) is 7.50. The van der Waals surface area contributed by atoms with E-state index in [1.54, 1.807) is 8.93 Å². The van der Waals surface area contributed by atoms with Gasteiger partial charge >= 0.3 is 12.1 Å². The molecule has 1 saturated heterocycles. The van der Waals surface area contributed by atoms with E-state index >= 15 is 0 Å². The monoisotopic (exact) mass is 578 g/mol. The summed E-state index contributed by atoms with van der Waals surface area (Å²) in [5, 5.41) is 11.6. The molecule has 178 valence electrons. The summed E-state index contributed by atoms with van der Waals surface area (Å²) in [6.45, 7) is 0.930. The van der Waals surface area contributed by atoms with E-state index in [0.29, 0.717) is 25.3 Å². The van der Waals surface area contributed by atoms with Crippen molar-refractivity contribution in [3.63, 3.8) is 0 Å². The van der Waals surface area contributed by atoms with Crippen molar-refractivity contribution in [1.29, 1.82) is 0 Å². The first-order chi connectivity index (χ1) is 15.5. The van der Waals surface area contributed by atoms with E-state index in [4.69, 9.17) is 9.47 Å². The van der Waals surface area contributed by atoms with Crippen molar-refractivity contribution < 1.29 is 29.0 Å². The summed E-state index contributed by atoms with van der Waals surface area (Å²) in [7, 11) is 1.56. The van der Waals surface area contributed by atoms with Gasteiger partial charge < -0.3 is 24.8 Å². The highest BCUT2D eigenvalue weighted by atomic mass is 127. The third-order valence-corrected chi connectivity index (χ3v) is 6.79. The summed E-state index contributed by atoms with van der Waals surface area (Å²) in [5.74, 6) is 0.0128. The Kier molecular flexibility index (Phi) is 12.8. The van der Waals surface area contributed by atoms with Gasteiger partial charge in [0.2, 0.25) is 5.91 Å². The van der Waals surface area contributed by atoms with Crippen LogP contribution in [0.4, 0.5) is 4.79 Å². The lowest BCUT2D eigenvalue weighted by atomic mass is 10.0. The van der Waals surface area contributed by atoms with Gasteiger partial charge in [-0.15, -0.1) is 0 Å². The lowest BCUT2D eigenvalue weighted by Crippen LogP contribution is -2.46. The number of nitrogens with one attached hydrogen (secondary N) is 1. The molecule has 1 unspecified atom stereocenters. The number of aryl methyl sites for hydroxylation is 1. The van der Waals surface area contributed by atoms with Crippen LogP contribution in [0.5, 0.6) is 0 Å². The fraction of sp³-hybridized carbons (Fsp3) is 0.591. The Labute approximate surface area is 205 Å². The zero-order valence-corrected chi connectivity index (χ0v) is 21.1. The second-order valence-corrected chi connectivity index (χ2v) is 10.00. The van der Waals surface area contributed by atoms with Crippen LogP contribution in [0, 0.1) is 0 Å². The first kappa shape index (κ1) is 26.7. The number of aliphatic hydroxyl groups is 1. The highest BCUT2D eigenvalue weighted by Gasteiger charge is 2.35. The van der Waals surface area contributed by atoms with Gasteiger partial charge in [-0.2, -0.15) is 0 Å². The number of hydrogen-bond acceptors (Lipinski definition) is 7. The van der Waals surface area contributed by atoms with E-state index in [-0.39, 0.29) is 31.6 Å². The molecule has 32 heavy (non-hydrogen) atoms. The van der Waals surface area contributed by atoms with Gasteiger partial charge in [-0.05, 0) is 70.9 Å². The molecule has 2 amide bonds. The van der Waals surface area contributed by atoms with E-state index in [2.05, 4.69) is 26.5 Å². The average molecular weight is 578 g/mol. The fourth-order valence-corrected chi connectivity index (χ4v) is 4.22. The van der Waals surface area contributed by atoms with E-state index in [1.807, 2.05) is 24.3 Å². The largest absolute Gasteiger partial charge is 0.463 e.